The topological polar surface area (TPSA) is 37.8 Å². The Morgan fingerprint density at radius 3 is 2.69 bits per heavy atom. The predicted molar refractivity (Wildman–Crippen MR) is 67.9 cm³/mol. The van der Waals surface area contributed by atoms with Crippen LogP contribution in [-0.2, 0) is 0 Å². The minimum Gasteiger partial charge on any atom is -0.354 e. The number of nitrogens with zero attached hydrogens (tertiary/aromatic N) is 2. The fourth-order valence-corrected chi connectivity index (χ4v) is 2.24. The number of rotatable bonds is 3. The first-order chi connectivity index (χ1) is 7.65. The van der Waals surface area contributed by atoms with Crippen molar-refractivity contribution >= 4 is 16.5 Å². The van der Waals surface area contributed by atoms with Crippen molar-refractivity contribution in [1.29, 1.82) is 0 Å². The third-order valence-corrected chi connectivity index (χ3v) is 3.18. The number of aryl methyl sites for hydroxylation is 2. The molecule has 2 aromatic rings. The largest absolute Gasteiger partial charge is 0.354 e. The quantitative estimate of drug-likeness (QED) is 0.883. The Labute approximate surface area is 99.5 Å². The van der Waals surface area contributed by atoms with E-state index in [0.717, 1.165) is 10.1 Å². The molecule has 0 aliphatic rings. The van der Waals surface area contributed by atoms with Gasteiger partial charge in [0.05, 0.1) is 6.04 Å². The smallest absolute Gasteiger partial charge is 0.206 e. The average molecular weight is 233 g/mol. The van der Waals surface area contributed by atoms with Gasteiger partial charge in [-0.25, -0.2) is 0 Å². The molecule has 4 heteroatoms. The maximum absolute atomic E-state index is 4.06. The Morgan fingerprint density at radius 1 is 1.25 bits per heavy atom. The third kappa shape index (κ3) is 2.58. The number of aromatic nitrogens is 2. The fourth-order valence-electron chi connectivity index (χ4n) is 1.56. The summed E-state index contributed by atoms with van der Waals surface area (Å²) in [7, 11) is 0. The van der Waals surface area contributed by atoms with Crippen LogP contribution in [0.25, 0.3) is 0 Å². The molecule has 0 aliphatic carbocycles. The van der Waals surface area contributed by atoms with E-state index in [1.165, 1.54) is 11.1 Å². The number of hydrogen-bond donors (Lipinski definition) is 1. The van der Waals surface area contributed by atoms with Crippen LogP contribution >= 0.6 is 11.3 Å². The molecular weight excluding hydrogens is 218 g/mol. The molecule has 1 aromatic carbocycles. The van der Waals surface area contributed by atoms with Gasteiger partial charge in [0.25, 0.3) is 0 Å². The SMILES string of the molecule is Cc1cccc(C(C)Nc2nnc(C)s2)c1. The first-order valence-electron chi connectivity index (χ1n) is 5.28. The van der Waals surface area contributed by atoms with Crippen molar-refractivity contribution in [2.75, 3.05) is 5.32 Å². The lowest BCUT2D eigenvalue weighted by Gasteiger charge is -2.13. The molecular formula is C12H15N3S. The monoisotopic (exact) mass is 233 g/mol. The number of anilines is 1. The van der Waals surface area contributed by atoms with E-state index < -0.39 is 0 Å². The van der Waals surface area contributed by atoms with Crippen molar-refractivity contribution in [3.05, 3.63) is 40.4 Å². The van der Waals surface area contributed by atoms with Gasteiger partial charge in [-0.3, -0.25) is 0 Å². The van der Waals surface area contributed by atoms with Crippen LogP contribution < -0.4 is 5.32 Å². The fraction of sp³-hybridized carbons (Fsp3) is 0.333. The molecule has 0 saturated heterocycles. The molecule has 0 bridgehead atoms. The standard InChI is InChI=1S/C12H15N3S/c1-8-5-4-6-11(7-8)9(2)13-12-15-14-10(3)16-12/h4-7,9H,1-3H3,(H,13,15). The maximum Gasteiger partial charge on any atom is 0.206 e. The molecule has 0 saturated carbocycles. The van der Waals surface area contributed by atoms with Crippen LogP contribution in [0.5, 0.6) is 0 Å². The van der Waals surface area contributed by atoms with E-state index >= 15 is 0 Å². The third-order valence-electron chi connectivity index (χ3n) is 2.41. The molecule has 0 spiro atoms. The second kappa shape index (κ2) is 4.61. The van der Waals surface area contributed by atoms with Crippen molar-refractivity contribution in [2.24, 2.45) is 0 Å². The first kappa shape index (κ1) is 11.1. The maximum atomic E-state index is 4.06. The molecule has 0 aliphatic heterocycles. The van der Waals surface area contributed by atoms with Crippen LogP contribution in [0.3, 0.4) is 0 Å². The van der Waals surface area contributed by atoms with Crippen LogP contribution in [0.15, 0.2) is 24.3 Å². The highest BCUT2D eigenvalue weighted by Crippen LogP contribution is 2.22. The summed E-state index contributed by atoms with van der Waals surface area (Å²) in [6.07, 6.45) is 0. The second-order valence-corrected chi connectivity index (χ2v) is 5.09. The zero-order valence-electron chi connectivity index (χ0n) is 9.69. The van der Waals surface area contributed by atoms with Gasteiger partial charge < -0.3 is 5.32 Å². The van der Waals surface area contributed by atoms with E-state index in [2.05, 4.69) is 53.6 Å². The van der Waals surface area contributed by atoms with E-state index in [-0.39, 0.29) is 6.04 Å². The van der Waals surface area contributed by atoms with E-state index in [9.17, 15) is 0 Å². The van der Waals surface area contributed by atoms with Crippen molar-refractivity contribution in [3.63, 3.8) is 0 Å². The normalized spacial score (nSPS) is 12.4. The van der Waals surface area contributed by atoms with E-state index in [1.807, 2.05) is 6.92 Å². The van der Waals surface area contributed by atoms with Gasteiger partial charge in [-0.15, -0.1) is 10.2 Å². The van der Waals surface area contributed by atoms with Gasteiger partial charge in [0, 0.05) is 0 Å². The molecule has 1 heterocycles. The minimum atomic E-state index is 0.257. The van der Waals surface area contributed by atoms with Gasteiger partial charge in [-0.1, -0.05) is 41.2 Å². The van der Waals surface area contributed by atoms with Crippen LogP contribution in [-0.4, -0.2) is 10.2 Å². The molecule has 1 aromatic heterocycles. The molecule has 0 fully saturated rings. The number of benzene rings is 1. The molecule has 0 radical (unpaired) electrons. The Balaban J connectivity index is 2.11. The van der Waals surface area contributed by atoms with Crippen molar-refractivity contribution in [1.82, 2.24) is 10.2 Å². The van der Waals surface area contributed by atoms with Crippen molar-refractivity contribution in [3.8, 4) is 0 Å². The van der Waals surface area contributed by atoms with Gasteiger partial charge in [0.2, 0.25) is 5.13 Å². The lowest BCUT2D eigenvalue weighted by atomic mass is 10.1. The highest BCUT2D eigenvalue weighted by Gasteiger charge is 2.07. The molecule has 1 N–H and O–H groups in total. The summed E-state index contributed by atoms with van der Waals surface area (Å²) in [5.74, 6) is 0. The number of hydrogen-bond acceptors (Lipinski definition) is 4. The highest BCUT2D eigenvalue weighted by atomic mass is 32.1. The first-order valence-corrected chi connectivity index (χ1v) is 6.10. The van der Waals surface area contributed by atoms with Gasteiger partial charge in [0.1, 0.15) is 5.01 Å². The van der Waals surface area contributed by atoms with E-state index in [1.54, 1.807) is 11.3 Å². The lowest BCUT2D eigenvalue weighted by Crippen LogP contribution is -2.06. The zero-order valence-corrected chi connectivity index (χ0v) is 10.5. The van der Waals surface area contributed by atoms with Crippen LogP contribution in [0.1, 0.15) is 29.1 Å². The molecule has 16 heavy (non-hydrogen) atoms. The van der Waals surface area contributed by atoms with E-state index in [0.29, 0.717) is 0 Å². The lowest BCUT2D eigenvalue weighted by molar-refractivity contribution is 0.871. The molecule has 2 rings (SSSR count). The Kier molecular flexibility index (Phi) is 3.19. The van der Waals surface area contributed by atoms with Crippen LogP contribution in [0.2, 0.25) is 0 Å². The minimum absolute atomic E-state index is 0.257. The van der Waals surface area contributed by atoms with E-state index in [4.69, 9.17) is 0 Å². The summed E-state index contributed by atoms with van der Waals surface area (Å²) in [6.45, 7) is 6.19. The summed E-state index contributed by atoms with van der Waals surface area (Å²) in [5.41, 5.74) is 2.55. The Bertz CT molecular complexity index is 479. The van der Waals surface area contributed by atoms with Crippen LogP contribution in [0.4, 0.5) is 5.13 Å². The predicted octanol–water partition coefficient (Wildman–Crippen LogP) is 3.33. The number of nitrogens with one attached hydrogen (secondary N) is 1. The van der Waals surface area contributed by atoms with Crippen molar-refractivity contribution in [2.45, 2.75) is 26.8 Å². The zero-order chi connectivity index (χ0) is 11.5. The summed E-state index contributed by atoms with van der Waals surface area (Å²) < 4.78 is 0. The van der Waals surface area contributed by atoms with Gasteiger partial charge in [-0.2, -0.15) is 0 Å². The average Bonchev–Trinajstić information content (AvgIpc) is 2.64. The summed E-state index contributed by atoms with van der Waals surface area (Å²) in [4.78, 5) is 0. The van der Waals surface area contributed by atoms with Crippen LogP contribution in [0, 0.1) is 13.8 Å². The summed E-state index contributed by atoms with van der Waals surface area (Å²) in [6, 6.07) is 8.75. The molecule has 0 amide bonds. The summed E-state index contributed by atoms with van der Waals surface area (Å²) in [5, 5.41) is 13.3. The molecule has 1 atom stereocenters. The molecule has 84 valence electrons. The van der Waals surface area contributed by atoms with Crippen molar-refractivity contribution < 1.29 is 0 Å². The Morgan fingerprint density at radius 2 is 2.06 bits per heavy atom. The Hall–Kier alpha value is -1.42. The van der Waals surface area contributed by atoms with Gasteiger partial charge in [0.15, 0.2) is 0 Å². The highest BCUT2D eigenvalue weighted by molar-refractivity contribution is 7.15. The molecule has 3 nitrogen and oxygen atoms in total. The second-order valence-electron chi connectivity index (χ2n) is 3.91. The summed E-state index contributed by atoms with van der Waals surface area (Å²) >= 11 is 1.58. The van der Waals surface area contributed by atoms with Gasteiger partial charge in [-0.05, 0) is 26.3 Å². The molecule has 1 unspecified atom stereocenters. The van der Waals surface area contributed by atoms with Gasteiger partial charge >= 0.3 is 0 Å².